The molecule has 0 fully saturated rings. The Kier molecular flexibility index (Phi) is 8.37. The summed E-state index contributed by atoms with van der Waals surface area (Å²) in [6.07, 6.45) is 0.884. The first-order chi connectivity index (χ1) is 15.6. The zero-order valence-corrected chi connectivity index (χ0v) is 18.7. The van der Waals surface area contributed by atoms with Crippen molar-refractivity contribution in [3.63, 3.8) is 0 Å². The number of rotatable bonds is 11. The van der Waals surface area contributed by atoms with Crippen LogP contribution in [0.5, 0.6) is 23.0 Å². The number of carbonyl (C=O) groups excluding carboxylic acids is 1. The topological polar surface area (TPSA) is 66.0 Å². The fourth-order valence-corrected chi connectivity index (χ4v) is 3.33. The monoisotopic (exact) mass is 435 g/mol. The van der Waals surface area contributed by atoms with Gasteiger partial charge in [0, 0.05) is 6.54 Å². The minimum atomic E-state index is -0.0631. The Hall–Kier alpha value is -3.67. The highest BCUT2D eigenvalue weighted by atomic mass is 16.5. The lowest BCUT2D eigenvalue weighted by atomic mass is 10.1. The van der Waals surface area contributed by atoms with E-state index in [-0.39, 0.29) is 12.3 Å². The summed E-state index contributed by atoms with van der Waals surface area (Å²) in [7, 11) is 4.79. The maximum absolute atomic E-state index is 12.4. The van der Waals surface area contributed by atoms with Crippen LogP contribution in [0, 0.1) is 0 Å². The molecule has 0 aliphatic heterocycles. The summed E-state index contributed by atoms with van der Waals surface area (Å²) in [5.74, 6) is 2.71. The van der Waals surface area contributed by atoms with E-state index in [1.54, 1.807) is 27.4 Å². The van der Waals surface area contributed by atoms with E-state index in [4.69, 9.17) is 18.9 Å². The second kappa shape index (κ2) is 11.6. The van der Waals surface area contributed by atoms with Crippen LogP contribution in [0.4, 0.5) is 0 Å². The van der Waals surface area contributed by atoms with Gasteiger partial charge in [0.25, 0.3) is 0 Å². The molecule has 0 aromatic heterocycles. The van der Waals surface area contributed by atoms with Gasteiger partial charge in [0.1, 0.15) is 18.1 Å². The van der Waals surface area contributed by atoms with Gasteiger partial charge in [-0.2, -0.15) is 0 Å². The van der Waals surface area contributed by atoms with Gasteiger partial charge in [-0.1, -0.05) is 36.4 Å². The third-order valence-electron chi connectivity index (χ3n) is 5.03. The second-order valence-corrected chi connectivity index (χ2v) is 7.21. The quantitative estimate of drug-likeness (QED) is 0.489. The molecule has 3 aromatic rings. The molecule has 0 bridgehead atoms. The second-order valence-electron chi connectivity index (χ2n) is 7.21. The molecule has 0 spiro atoms. The molecule has 0 aliphatic carbocycles. The van der Waals surface area contributed by atoms with Crippen molar-refractivity contribution in [3.8, 4) is 23.0 Å². The minimum absolute atomic E-state index is 0.0631. The SMILES string of the molecule is COc1ccc(OCc2ccccc2)c(CCNC(=O)Cc2ccc(OC)c(OC)c2)c1. The van der Waals surface area contributed by atoms with Crippen molar-refractivity contribution in [1.82, 2.24) is 5.32 Å². The zero-order chi connectivity index (χ0) is 22.8. The number of methoxy groups -OCH3 is 3. The number of carbonyl (C=O) groups is 1. The maximum atomic E-state index is 12.4. The van der Waals surface area contributed by atoms with Crippen molar-refractivity contribution in [2.45, 2.75) is 19.4 Å². The van der Waals surface area contributed by atoms with Gasteiger partial charge in [0.05, 0.1) is 27.8 Å². The first-order valence-electron chi connectivity index (χ1n) is 10.4. The maximum Gasteiger partial charge on any atom is 0.224 e. The van der Waals surface area contributed by atoms with Gasteiger partial charge in [-0.25, -0.2) is 0 Å². The summed E-state index contributed by atoms with van der Waals surface area (Å²) < 4.78 is 21.9. The lowest BCUT2D eigenvalue weighted by molar-refractivity contribution is -0.120. The van der Waals surface area contributed by atoms with Crippen LogP contribution in [0.1, 0.15) is 16.7 Å². The molecule has 6 heteroatoms. The molecule has 1 amide bonds. The molecular formula is C26H29NO5. The van der Waals surface area contributed by atoms with Gasteiger partial charge >= 0.3 is 0 Å². The molecule has 32 heavy (non-hydrogen) atoms. The fourth-order valence-electron chi connectivity index (χ4n) is 3.33. The number of hydrogen-bond donors (Lipinski definition) is 1. The smallest absolute Gasteiger partial charge is 0.224 e. The highest BCUT2D eigenvalue weighted by Gasteiger charge is 2.10. The van der Waals surface area contributed by atoms with E-state index >= 15 is 0 Å². The Bertz CT molecular complexity index is 1020. The van der Waals surface area contributed by atoms with Crippen molar-refractivity contribution in [2.75, 3.05) is 27.9 Å². The summed E-state index contributed by atoms with van der Waals surface area (Å²) in [5, 5.41) is 2.98. The van der Waals surface area contributed by atoms with E-state index in [1.807, 2.05) is 60.7 Å². The van der Waals surface area contributed by atoms with E-state index < -0.39 is 0 Å². The molecule has 0 unspecified atom stereocenters. The Morgan fingerprint density at radius 1 is 0.781 bits per heavy atom. The van der Waals surface area contributed by atoms with E-state index in [0.717, 1.165) is 28.2 Å². The van der Waals surface area contributed by atoms with E-state index in [2.05, 4.69) is 5.32 Å². The molecular weight excluding hydrogens is 406 g/mol. The summed E-state index contributed by atoms with van der Waals surface area (Å²) >= 11 is 0. The summed E-state index contributed by atoms with van der Waals surface area (Å²) in [6.45, 7) is 0.965. The van der Waals surface area contributed by atoms with Gasteiger partial charge in [-0.3, -0.25) is 4.79 Å². The standard InChI is InChI=1S/C26H29NO5/c1-29-22-10-12-23(32-18-19-7-5-4-6-8-19)21(17-22)13-14-27-26(28)16-20-9-11-24(30-2)25(15-20)31-3/h4-12,15,17H,13-14,16,18H2,1-3H3,(H,27,28). The number of hydrogen-bond acceptors (Lipinski definition) is 5. The molecule has 3 rings (SSSR count). The average Bonchev–Trinajstić information content (AvgIpc) is 2.83. The van der Waals surface area contributed by atoms with Crippen LogP contribution in [0.25, 0.3) is 0 Å². The molecule has 0 saturated heterocycles. The first-order valence-corrected chi connectivity index (χ1v) is 10.4. The van der Waals surface area contributed by atoms with Crippen LogP contribution in [0.3, 0.4) is 0 Å². The Morgan fingerprint density at radius 2 is 1.53 bits per heavy atom. The predicted octanol–water partition coefficient (Wildman–Crippen LogP) is 4.19. The van der Waals surface area contributed by atoms with Crippen molar-refractivity contribution >= 4 is 5.91 Å². The average molecular weight is 436 g/mol. The van der Waals surface area contributed by atoms with Gasteiger partial charge in [0.15, 0.2) is 11.5 Å². The molecule has 3 aromatic carbocycles. The van der Waals surface area contributed by atoms with Gasteiger partial charge < -0.3 is 24.3 Å². The lowest BCUT2D eigenvalue weighted by Gasteiger charge is -2.14. The summed E-state index contributed by atoms with van der Waals surface area (Å²) in [4.78, 5) is 12.4. The first kappa shape index (κ1) is 23.0. The predicted molar refractivity (Wildman–Crippen MR) is 124 cm³/mol. The third kappa shape index (κ3) is 6.41. The van der Waals surface area contributed by atoms with Crippen LogP contribution < -0.4 is 24.3 Å². The summed E-state index contributed by atoms with van der Waals surface area (Å²) in [5.41, 5.74) is 2.93. The lowest BCUT2D eigenvalue weighted by Crippen LogP contribution is -2.27. The number of amides is 1. The molecule has 0 aliphatic rings. The highest BCUT2D eigenvalue weighted by Crippen LogP contribution is 2.28. The van der Waals surface area contributed by atoms with Crippen molar-refractivity contribution in [1.29, 1.82) is 0 Å². The molecule has 6 nitrogen and oxygen atoms in total. The molecule has 0 saturated carbocycles. The Morgan fingerprint density at radius 3 is 2.25 bits per heavy atom. The van der Waals surface area contributed by atoms with Gasteiger partial charge in [0.2, 0.25) is 5.91 Å². The minimum Gasteiger partial charge on any atom is -0.497 e. The zero-order valence-electron chi connectivity index (χ0n) is 18.7. The molecule has 168 valence electrons. The summed E-state index contributed by atoms with van der Waals surface area (Å²) in [6, 6.07) is 21.2. The third-order valence-corrected chi connectivity index (χ3v) is 5.03. The largest absolute Gasteiger partial charge is 0.497 e. The number of nitrogens with one attached hydrogen (secondary N) is 1. The van der Waals surface area contributed by atoms with E-state index in [1.165, 1.54) is 0 Å². The van der Waals surface area contributed by atoms with Crippen molar-refractivity contribution in [2.24, 2.45) is 0 Å². The van der Waals surface area contributed by atoms with Crippen LogP contribution in [-0.4, -0.2) is 33.8 Å². The van der Waals surface area contributed by atoms with E-state index in [0.29, 0.717) is 31.1 Å². The van der Waals surface area contributed by atoms with Crippen molar-refractivity contribution in [3.05, 3.63) is 83.4 Å². The molecule has 0 heterocycles. The molecule has 0 atom stereocenters. The van der Waals surface area contributed by atoms with Crippen molar-refractivity contribution < 1.29 is 23.7 Å². The van der Waals surface area contributed by atoms with Crippen LogP contribution in [0.15, 0.2) is 66.7 Å². The molecule has 1 N–H and O–H groups in total. The van der Waals surface area contributed by atoms with Gasteiger partial charge in [-0.05, 0) is 53.4 Å². The highest BCUT2D eigenvalue weighted by molar-refractivity contribution is 5.78. The molecule has 0 radical (unpaired) electrons. The fraction of sp³-hybridized carbons (Fsp3) is 0.269. The number of benzene rings is 3. The Labute approximate surface area is 189 Å². The van der Waals surface area contributed by atoms with Crippen LogP contribution in [0.2, 0.25) is 0 Å². The normalized spacial score (nSPS) is 10.3. The van der Waals surface area contributed by atoms with Crippen LogP contribution >= 0.6 is 0 Å². The van der Waals surface area contributed by atoms with E-state index in [9.17, 15) is 4.79 Å². The van der Waals surface area contributed by atoms with Crippen LogP contribution in [-0.2, 0) is 24.2 Å². The number of ether oxygens (including phenoxy) is 4. The Balaban J connectivity index is 1.57. The van der Waals surface area contributed by atoms with Gasteiger partial charge in [-0.15, -0.1) is 0 Å².